The summed E-state index contributed by atoms with van der Waals surface area (Å²) in [6, 6.07) is 7.86. The number of benzene rings is 1. The van der Waals surface area contributed by atoms with Gasteiger partial charge in [-0.1, -0.05) is 39.3 Å². The fourth-order valence-electron chi connectivity index (χ4n) is 9.52. The minimum Gasteiger partial charge on any atom is -0.489 e. The van der Waals surface area contributed by atoms with Gasteiger partial charge in [0.2, 0.25) is 11.8 Å². The number of hydrogen-bond acceptors (Lipinski definition) is 6. The molecule has 9 heteroatoms. The predicted octanol–water partition coefficient (Wildman–Crippen LogP) is 4.75. The number of rotatable bonds is 6. The Morgan fingerprint density at radius 3 is 2.09 bits per heavy atom. The monoisotopic (exact) mass is 609 g/mol. The normalized spacial score (nSPS) is 33.7. The van der Waals surface area contributed by atoms with Crippen molar-refractivity contribution in [2.24, 2.45) is 21.7 Å². The molecule has 6 fully saturated rings. The van der Waals surface area contributed by atoms with Gasteiger partial charge in [-0.15, -0.1) is 0 Å². The van der Waals surface area contributed by atoms with Gasteiger partial charge in [0, 0.05) is 66.0 Å². The largest absolute Gasteiger partial charge is 0.489 e. The molecule has 2 heterocycles. The lowest BCUT2D eigenvalue weighted by molar-refractivity contribution is -0.181. The second kappa shape index (κ2) is 11.2. The molecule has 1 aromatic rings. The fraction of sp³-hybridized carbons (Fsp3) is 0.735. The van der Waals surface area contributed by atoms with Gasteiger partial charge in [0.15, 0.2) is 0 Å². The molecule has 0 radical (unpaired) electrons. The Bertz CT molecular complexity index is 1250. The van der Waals surface area contributed by atoms with Crippen LogP contribution in [0.25, 0.3) is 0 Å². The molecule has 2 aliphatic heterocycles. The number of amides is 2. The van der Waals surface area contributed by atoms with Crippen molar-refractivity contribution < 1.29 is 14.3 Å². The zero-order chi connectivity index (χ0) is 30.6. The van der Waals surface area contributed by atoms with Crippen molar-refractivity contribution in [1.29, 1.82) is 5.26 Å². The third-order valence-corrected chi connectivity index (χ3v) is 12.4. The second-order valence-electron chi connectivity index (χ2n) is 15.2. The Hall–Kier alpha value is -2.34. The summed E-state index contributed by atoms with van der Waals surface area (Å²) in [7, 11) is 0. The van der Waals surface area contributed by atoms with E-state index in [-0.39, 0.29) is 39.7 Å². The van der Waals surface area contributed by atoms with Crippen molar-refractivity contribution in [1.82, 2.24) is 20.4 Å². The predicted molar refractivity (Wildman–Crippen MR) is 167 cm³/mol. The lowest BCUT2D eigenvalue weighted by Gasteiger charge is -2.64. The summed E-state index contributed by atoms with van der Waals surface area (Å²) in [6.07, 6.45) is 7.09. The standard InChI is InChI=1S/C34H48ClN5O3/c1-31(2)27(32(3,4)28(31)43-25-6-5-23(22-36)26(35)21-25)38-29(41)33-9-12-34(13-10-33,14-11-33)30(42)40-19-17-39(18-20-40)24-7-15-37-16-8-24/h5-6,21,24,27-28,37H,7-20H2,1-4H3,(H,38,41)/t27-,28-,33?,34?. The van der Waals surface area contributed by atoms with Crippen molar-refractivity contribution in [2.75, 3.05) is 39.3 Å². The van der Waals surface area contributed by atoms with Gasteiger partial charge in [0.25, 0.3) is 0 Å². The first-order valence-corrected chi connectivity index (χ1v) is 16.7. The molecular weight excluding hydrogens is 562 g/mol. The van der Waals surface area contributed by atoms with E-state index in [1.807, 2.05) is 0 Å². The van der Waals surface area contributed by atoms with E-state index < -0.39 is 0 Å². The SMILES string of the molecule is CC1(C)[C@H](NC(=O)C23CCC(C(=O)N4CCN(C5CCNCC5)CC4)(CC2)CC3)C(C)(C)[C@H]1Oc1ccc(C#N)c(Cl)c1. The summed E-state index contributed by atoms with van der Waals surface area (Å²) in [5.41, 5.74) is -0.833. The number of piperazine rings is 1. The van der Waals surface area contributed by atoms with Gasteiger partial charge in [0.1, 0.15) is 17.9 Å². The van der Waals surface area contributed by atoms with Gasteiger partial charge < -0.3 is 20.3 Å². The minimum atomic E-state index is -0.380. The molecule has 0 aromatic heterocycles. The maximum Gasteiger partial charge on any atom is 0.228 e. The van der Waals surface area contributed by atoms with Crippen molar-refractivity contribution in [3.05, 3.63) is 28.8 Å². The zero-order valence-corrected chi connectivity index (χ0v) is 27.1. The highest BCUT2D eigenvalue weighted by Crippen LogP contribution is 2.60. The van der Waals surface area contributed by atoms with E-state index in [0.29, 0.717) is 28.3 Å². The van der Waals surface area contributed by atoms with Gasteiger partial charge in [-0.2, -0.15) is 5.26 Å². The van der Waals surface area contributed by atoms with E-state index in [1.54, 1.807) is 18.2 Å². The number of ether oxygens (including phenoxy) is 1. The van der Waals surface area contributed by atoms with Crippen LogP contribution < -0.4 is 15.4 Å². The topological polar surface area (TPSA) is 97.7 Å². The Labute approximate surface area is 261 Å². The van der Waals surface area contributed by atoms with Gasteiger partial charge in [-0.3, -0.25) is 14.5 Å². The molecule has 6 aliphatic rings. The van der Waals surface area contributed by atoms with Crippen LogP contribution >= 0.6 is 11.6 Å². The summed E-state index contributed by atoms with van der Waals surface area (Å²) >= 11 is 6.26. The molecule has 4 saturated carbocycles. The molecular formula is C34H48ClN5O3. The lowest BCUT2D eigenvalue weighted by Crippen LogP contribution is -2.75. The van der Waals surface area contributed by atoms with Crippen LogP contribution in [0.4, 0.5) is 0 Å². The number of carbonyl (C=O) groups is 2. The molecule has 2 bridgehead atoms. The highest BCUT2D eigenvalue weighted by molar-refractivity contribution is 6.31. The summed E-state index contributed by atoms with van der Waals surface area (Å²) in [5.74, 6) is 1.12. The van der Waals surface area contributed by atoms with Gasteiger partial charge in [-0.25, -0.2) is 0 Å². The number of nitrogens with one attached hydrogen (secondary N) is 2. The van der Waals surface area contributed by atoms with E-state index in [4.69, 9.17) is 16.3 Å². The van der Waals surface area contributed by atoms with E-state index in [0.717, 1.165) is 77.8 Å². The highest BCUT2D eigenvalue weighted by atomic mass is 35.5. The molecule has 7 rings (SSSR count). The fourth-order valence-corrected chi connectivity index (χ4v) is 9.74. The summed E-state index contributed by atoms with van der Waals surface area (Å²) < 4.78 is 6.42. The molecule has 2 N–H and O–H groups in total. The third-order valence-electron chi connectivity index (χ3n) is 12.0. The van der Waals surface area contributed by atoms with Crippen LogP contribution in [-0.2, 0) is 9.59 Å². The number of hydrogen-bond donors (Lipinski definition) is 2. The number of fused-ring (bicyclic) bond motifs is 3. The van der Waals surface area contributed by atoms with Crippen molar-refractivity contribution >= 4 is 23.4 Å². The minimum absolute atomic E-state index is 0.0489. The first kappa shape index (κ1) is 30.7. The second-order valence-corrected chi connectivity index (χ2v) is 15.6. The molecule has 2 amide bonds. The van der Waals surface area contributed by atoms with Crippen LogP contribution in [0.15, 0.2) is 18.2 Å². The molecule has 4 aliphatic carbocycles. The Morgan fingerprint density at radius 2 is 1.53 bits per heavy atom. The first-order valence-electron chi connectivity index (χ1n) is 16.3. The molecule has 234 valence electrons. The van der Waals surface area contributed by atoms with E-state index >= 15 is 0 Å². The molecule has 0 unspecified atom stereocenters. The quantitative estimate of drug-likeness (QED) is 0.483. The molecule has 1 aromatic carbocycles. The first-order chi connectivity index (χ1) is 20.4. The molecule has 2 saturated heterocycles. The zero-order valence-electron chi connectivity index (χ0n) is 26.3. The number of carbonyl (C=O) groups excluding carboxylic acids is 2. The Morgan fingerprint density at radius 1 is 0.953 bits per heavy atom. The van der Waals surface area contributed by atoms with Crippen LogP contribution in [0.3, 0.4) is 0 Å². The van der Waals surface area contributed by atoms with E-state index in [9.17, 15) is 14.9 Å². The van der Waals surface area contributed by atoms with Gasteiger partial charge in [0.05, 0.1) is 10.6 Å². The average molecular weight is 610 g/mol. The Kier molecular flexibility index (Phi) is 8.01. The number of nitrogens with zero attached hydrogens (tertiary/aromatic N) is 3. The summed E-state index contributed by atoms with van der Waals surface area (Å²) in [4.78, 5) is 32.6. The lowest BCUT2D eigenvalue weighted by atomic mass is 9.48. The number of halogens is 1. The average Bonchev–Trinajstić information content (AvgIpc) is 3.03. The third kappa shape index (κ3) is 5.23. The van der Waals surface area contributed by atoms with Gasteiger partial charge in [-0.05, 0) is 76.6 Å². The van der Waals surface area contributed by atoms with E-state index in [1.165, 1.54) is 12.8 Å². The van der Waals surface area contributed by atoms with Crippen LogP contribution in [0, 0.1) is 33.0 Å². The van der Waals surface area contributed by atoms with Crippen molar-refractivity contribution in [3.8, 4) is 11.8 Å². The van der Waals surface area contributed by atoms with Gasteiger partial charge >= 0.3 is 0 Å². The maximum absolute atomic E-state index is 14.0. The number of piperidine rings is 1. The number of nitriles is 1. The summed E-state index contributed by atoms with van der Waals surface area (Å²) in [5, 5.41) is 16.5. The van der Waals surface area contributed by atoms with E-state index in [2.05, 4.69) is 54.2 Å². The van der Waals surface area contributed by atoms with Crippen molar-refractivity contribution in [3.63, 3.8) is 0 Å². The smallest absolute Gasteiger partial charge is 0.228 e. The maximum atomic E-state index is 14.0. The van der Waals surface area contributed by atoms with Crippen molar-refractivity contribution in [2.45, 2.75) is 97.2 Å². The molecule has 43 heavy (non-hydrogen) atoms. The molecule has 0 atom stereocenters. The van der Waals surface area contributed by atoms with Crippen LogP contribution in [0.1, 0.15) is 84.6 Å². The van der Waals surface area contributed by atoms with Crippen LogP contribution in [0.5, 0.6) is 5.75 Å². The van der Waals surface area contributed by atoms with Crippen LogP contribution in [0.2, 0.25) is 5.02 Å². The highest BCUT2D eigenvalue weighted by Gasteiger charge is 2.65. The summed E-state index contributed by atoms with van der Waals surface area (Å²) in [6.45, 7) is 14.4. The molecule has 8 nitrogen and oxygen atoms in total. The van der Waals surface area contributed by atoms with Crippen LogP contribution in [-0.4, -0.2) is 79.1 Å². The Balaban J connectivity index is 1.05. The molecule has 0 spiro atoms.